The van der Waals surface area contributed by atoms with Gasteiger partial charge in [0.1, 0.15) is 12.2 Å². The lowest BCUT2D eigenvalue weighted by Gasteiger charge is -2.21. The summed E-state index contributed by atoms with van der Waals surface area (Å²) >= 11 is 0. The summed E-state index contributed by atoms with van der Waals surface area (Å²) in [4.78, 5) is 17.1. The van der Waals surface area contributed by atoms with Crippen LogP contribution in [0.1, 0.15) is 48.7 Å². The van der Waals surface area contributed by atoms with Gasteiger partial charge in [-0.1, -0.05) is 67.6 Å². The summed E-state index contributed by atoms with van der Waals surface area (Å²) in [6.07, 6.45) is 2.67. The Hall–Kier alpha value is -2.95. The molecule has 1 aromatic heterocycles. The van der Waals surface area contributed by atoms with Crippen LogP contribution in [0.25, 0.3) is 0 Å². The van der Waals surface area contributed by atoms with Gasteiger partial charge in [0.15, 0.2) is 0 Å². The van der Waals surface area contributed by atoms with Crippen LogP contribution in [0.5, 0.6) is 0 Å². The highest BCUT2D eigenvalue weighted by molar-refractivity contribution is 5.78. The molecule has 0 aliphatic carbocycles. The van der Waals surface area contributed by atoms with E-state index in [9.17, 15) is 4.79 Å². The maximum absolute atomic E-state index is 12.8. The van der Waals surface area contributed by atoms with Gasteiger partial charge in [-0.05, 0) is 17.5 Å². The number of nitrogens with one attached hydrogen (secondary N) is 1. The molecule has 1 atom stereocenters. The molecular weight excluding hydrogens is 324 g/mol. The summed E-state index contributed by atoms with van der Waals surface area (Å²) in [6, 6.07) is 20.2. The minimum absolute atomic E-state index is 0.0116. The number of carbonyl (C=O) groups excluding carboxylic acids is 1. The highest BCUT2D eigenvalue weighted by Crippen LogP contribution is 2.28. The van der Waals surface area contributed by atoms with Crippen molar-refractivity contribution in [1.82, 2.24) is 20.1 Å². The van der Waals surface area contributed by atoms with E-state index in [-0.39, 0.29) is 17.9 Å². The van der Waals surface area contributed by atoms with Crippen molar-refractivity contribution in [2.24, 2.45) is 7.05 Å². The maximum atomic E-state index is 12.8. The zero-order valence-corrected chi connectivity index (χ0v) is 15.2. The smallest absolute Gasteiger partial charge is 0.221 e. The van der Waals surface area contributed by atoms with E-state index >= 15 is 0 Å². The van der Waals surface area contributed by atoms with E-state index < -0.39 is 0 Å². The van der Waals surface area contributed by atoms with Gasteiger partial charge in [0.25, 0.3) is 0 Å². The Morgan fingerprint density at radius 1 is 1.04 bits per heavy atom. The fourth-order valence-corrected chi connectivity index (χ4v) is 3.21. The average molecular weight is 348 g/mol. The number of rotatable bonds is 7. The normalized spacial score (nSPS) is 12.1. The summed E-state index contributed by atoms with van der Waals surface area (Å²) in [7, 11) is 1.84. The Balaban J connectivity index is 1.78. The fraction of sp³-hybridized carbons (Fsp3) is 0.286. The van der Waals surface area contributed by atoms with Crippen LogP contribution in [0.15, 0.2) is 67.0 Å². The Kier molecular flexibility index (Phi) is 5.79. The fourth-order valence-electron chi connectivity index (χ4n) is 3.21. The molecule has 3 rings (SSSR count). The van der Waals surface area contributed by atoms with E-state index in [2.05, 4.69) is 39.7 Å². The number of aromatic nitrogens is 3. The zero-order valence-electron chi connectivity index (χ0n) is 15.2. The molecule has 0 saturated heterocycles. The Labute approximate surface area is 154 Å². The molecule has 1 unspecified atom stereocenters. The first-order chi connectivity index (χ1) is 12.7. The van der Waals surface area contributed by atoms with Crippen molar-refractivity contribution in [2.75, 3.05) is 0 Å². The first-order valence-electron chi connectivity index (χ1n) is 8.92. The summed E-state index contributed by atoms with van der Waals surface area (Å²) in [5.41, 5.74) is 2.28. The Bertz CT molecular complexity index is 790. The number of nitrogens with zero attached hydrogens (tertiary/aromatic N) is 3. The Morgan fingerprint density at radius 3 is 2.08 bits per heavy atom. The minimum atomic E-state index is -0.137. The van der Waals surface area contributed by atoms with Crippen molar-refractivity contribution >= 4 is 5.91 Å². The largest absolute Gasteiger partial charge is 0.346 e. The van der Waals surface area contributed by atoms with Crippen LogP contribution in [0, 0.1) is 0 Å². The molecule has 134 valence electrons. The molecule has 0 saturated carbocycles. The predicted molar refractivity (Wildman–Crippen MR) is 102 cm³/mol. The van der Waals surface area contributed by atoms with Gasteiger partial charge in [-0.25, -0.2) is 4.98 Å². The second kappa shape index (κ2) is 8.43. The maximum Gasteiger partial charge on any atom is 0.221 e. The summed E-state index contributed by atoms with van der Waals surface area (Å²) in [6.45, 7) is 2.03. The van der Waals surface area contributed by atoms with Crippen LogP contribution < -0.4 is 5.32 Å². The van der Waals surface area contributed by atoms with Crippen molar-refractivity contribution in [2.45, 2.75) is 31.7 Å². The van der Waals surface area contributed by atoms with Gasteiger partial charge in [0.05, 0.1) is 6.04 Å². The number of carbonyl (C=O) groups is 1. The molecule has 1 N–H and O–H groups in total. The number of amides is 1. The molecule has 26 heavy (non-hydrogen) atoms. The minimum Gasteiger partial charge on any atom is -0.346 e. The molecule has 1 heterocycles. The van der Waals surface area contributed by atoms with E-state index in [1.54, 1.807) is 4.68 Å². The van der Waals surface area contributed by atoms with E-state index in [1.807, 2.05) is 50.4 Å². The van der Waals surface area contributed by atoms with Crippen molar-refractivity contribution in [3.63, 3.8) is 0 Å². The molecule has 1 amide bonds. The van der Waals surface area contributed by atoms with Gasteiger partial charge in [-0.15, -0.1) is 0 Å². The molecule has 0 aliphatic rings. The number of hydrogen-bond acceptors (Lipinski definition) is 3. The van der Waals surface area contributed by atoms with Gasteiger partial charge in [-0.2, -0.15) is 5.10 Å². The molecule has 2 aromatic carbocycles. The molecule has 0 radical (unpaired) electrons. The van der Waals surface area contributed by atoms with E-state index in [0.29, 0.717) is 6.42 Å². The highest BCUT2D eigenvalue weighted by atomic mass is 16.1. The average Bonchev–Trinajstić information content (AvgIpc) is 3.11. The number of benzene rings is 2. The summed E-state index contributed by atoms with van der Waals surface area (Å²) in [5, 5.41) is 7.22. The van der Waals surface area contributed by atoms with Gasteiger partial charge < -0.3 is 5.32 Å². The lowest BCUT2D eigenvalue weighted by atomic mass is 9.88. The monoisotopic (exact) mass is 348 g/mol. The molecule has 0 spiro atoms. The predicted octanol–water partition coefficient (Wildman–Crippen LogP) is 3.60. The van der Waals surface area contributed by atoms with Gasteiger partial charge in [0.2, 0.25) is 5.91 Å². The third-order valence-corrected chi connectivity index (χ3v) is 4.59. The van der Waals surface area contributed by atoms with E-state index in [1.165, 1.54) is 6.33 Å². The van der Waals surface area contributed by atoms with Crippen molar-refractivity contribution in [3.05, 3.63) is 83.9 Å². The first kappa shape index (κ1) is 17.9. The SMILES string of the molecule is CCC(NC(=O)CC(c1ccccc1)c1ccccc1)c1ncnn1C. The third-order valence-electron chi connectivity index (χ3n) is 4.59. The molecular formula is C21H24N4O. The molecule has 0 bridgehead atoms. The number of hydrogen-bond donors (Lipinski definition) is 1. The van der Waals surface area contributed by atoms with Crippen LogP contribution in [-0.2, 0) is 11.8 Å². The Morgan fingerprint density at radius 2 is 1.62 bits per heavy atom. The molecule has 3 aromatic rings. The lowest BCUT2D eigenvalue weighted by Crippen LogP contribution is -2.31. The molecule has 0 fully saturated rings. The van der Waals surface area contributed by atoms with Crippen molar-refractivity contribution < 1.29 is 4.79 Å². The first-order valence-corrected chi connectivity index (χ1v) is 8.92. The zero-order chi connectivity index (χ0) is 18.4. The highest BCUT2D eigenvalue weighted by Gasteiger charge is 2.22. The van der Waals surface area contributed by atoms with Crippen LogP contribution in [0.2, 0.25) is 0 Å². The second-order valence-electron chi connectivity index (χ2n) is 6.35. The summed E-state index contributed by atoms with van der Waals surface area (Å²) < 4.78 is 1.71. The second-order valence-corrected chi connectivity index (χ2v) is 6.35. The van der Waals surface area contributed by atoms with Crippen molar-refractivity contribution in [1.29, 1.82) is 0 Å². The molecule has 0 aliphatic heterocycles. The quantitative estimate of drug-likeness (QED) is 0.710. The van der Waals surface area contributed by atoms with E-state index in [4.69, 9.17) is 0 Å². The van der Waals surface area contributed by atoms with Crippen molar-refractivity contribution in [3.8, 4) is 0 Å². The summed E-state index contributed by atoms with van der Waals surface area (Å²) in [5.74, 6) is 0.809. The van der Waals surface area contributed by atoms with Gasteiger partial charge in [-0.3, -0.25) is 9.48 Å². The van der Waals surface area contributed by atoms with Crippen LogP contribution in [-0.4, -0.2) is 20.7 Å². The van der Waals surface area contributed by atoms with Crippen LogP contribution in [0.4, 0.5) is 0 Å². The molecule has 5 heteroatoms. The van der Waals surface area contributed by atoms with Crippen LogP contribution in [0.3, 0.4) is 0 Å². The molecule has 5 nitrogen and oxygen atoms in total. The topological polar surface area (TPSA) is 59.8 Å². The third kappa shape index (κ3) is 4.17. The van der Waals surface area contributed by atoms with E-state index in [0.717, 1.165) is 23.4 Å². The lowest BCUT2D eigenvalue weighted by molar-refractivity contribution is -0.122. The standard InChI is InChI=1S/C21H24N4O/c1-3-19(21-22-15-23-25(21)2)24-20(26)14-18(16-10-6-4-7-11-16)17-12-8-5-9-13-17/h4-13,15,18-19H,3,14H2,1-2H3,(H,24,26). The van der Waals surface area contributed by atoms with Crippen LogP contribution >= 0.6 is 0 Å². The van der Waals surface area contributed by atoms with Gasteiger partial charge >= 0.3 is 0 Å². The number of aryl methyl sites for hydroxylation is 1. The van der Waals surface area contributed by atoms with Gasteiger partial charge in [0, 0.05) is 19.4 Å².